The summed E-state index contributed by atoms with van der Waals surface area (Å²) in [5.41, 5.74) is 0. The third-order valence-corrected chi connectivity index (χ3v) is 0.776. The maximum atomic E-state index is 8.23. The maximum absolute atomic E-state index is 8.23. The van der Waals surface area contributed by atoms with Crippen LogP contribution < -0.4 is 0 Å². The van der Waals surface area contributed by atoms with Crippen molar-refractivity contribution in [2.75, 3.05) is 20.3 Å². The van der Waals surface area contributed by atoms with E-state index in [4.69, 9.17) is 14.6 Å². The molecule has 0 radical (unpaired) electrons. The Balaban J connectivity index is 2.86. The Morgan fingerprint density at radius 1 is 1.62 bits per heavy atom. The highest BCUT2D eigenvalue weighted by Gasteiger charge is 1.94. The van der Waals surface area contributed by atoms with Crippen LogP contribution in [0.4, 0.5) is 0 Å². The minimum Gasteiger partial charge on any atom is -0.394 e. The third kappa shape index (κ3) is 4.05. The van der Waals surface area contributed by atoms with Gasteiger partial charge in [-0.2, -0.15) is 0 Å². The summed E-state index contributed by atoms with van der Waals surface area (Å²) in [5.74, 6) is 0. The molecular formula is C5H12O3. The van der Waals surface area contributed by atoms with Gasteiger partial charge >= 0.3 is 0 Å². The number of rotatable bonds is 4. The molecule has 0 aromatic heterocycles. The molecule has 8 heavy (non-hydrogen) atoms. The summed E-state index contributed by atoms with van der Waals surface area (Å²) >= 11 is 0. The summed E-state index contributed by atoms with van der Waals surface area (Å²) < 4.78 is 9.59. The van der Waals surface area contributed by atoms with Crippen LogP contribution in [0, 0.1) is 0 Å². The quantitative estimate of drug-likeness (QED) is 0.530. The predicted octanol–water partition coefficient (Wildman–Crippen LogP) is -0.0123. The zero-order valence-electron chi connectivity index (χ0n) is 5.26. The molecule has 0 aliphatic heterocycles. The first-order chi connectivity index (χ1) is 3.81. The molecule has 1 N–H and O–H groups in total. The van der Waals surface area contributed by atoms with Crippen molar-refractivity contribution in [1.82, 2.24) is 0 Å². The summed E-state index contributed by atoms with van der Waals surface area (Å²) in [7, 11) is 1.56. The Hall–Kier alpha value is -0.120. The van der Waals surface area contributed by atoms with Gasteiger partial charge in [0.1, 0.15) is 0 Å². The van der Waals surface area contributed by atoms with Gasteiger partial charge < -0.3 is 14.6 Å². The van der Waals surface area contributed by atoms with Crippen LogP contribution in [0.3, 0.4) is 0 Å². The van der Waals surface area contributed by atoms with Gasteiger partial charge in [-0.25, -0.2) is 0 Å². The fraction of sp³-hybridized carbons (Fsp3) is 1.00. The average Bonchev–Trinajstić information content (AvgIpc) is 1.83. The zero-order chi connectivity index (χ0) is 6.41. The van der Waals surface area contributed by atoms with E-state index in [1.807, 2.05) is 0 Å². The van der Waals surface area contributed by atoms with E-state index in [0.29, 0.717) is 6.61 Å². The molecule has 0 unspecified atom stereocenters. The molecule has 0 aromatic carbocycles. The first-order valence-electron chi connectivity index (χ1n) is 2.56. The first kappa shape index (κ1) is 7.88. The summed E-state index contributed by atoms with van der Waals surface area (Å²) in [6.07, 6.45) is -0.206. The van der Waals surface area contributed by atoms with Crippen LogP contribution in [0.25, 0.3) is 0 Å². The molecular weight excluding hydrogens is 108 g/mol. The van der Waals surface area contributed by atoms with Crippen LogP contribution in [0.2, 0.25) is 0 Å². The van der Waals surface area contributed by atoms with Crippen LogP contribution in [-0.2, 0) is 9.47 Å². The lowest BCUT2D eigenvalue weighted by Crippen LogP contribution is -2.12. The topological polar surface area (TPSA) is 38.7 Å². The second-order valence-electron chi connectivity index (χ2n) is 1.40. The minimum atomic E-state index is -0.206. The van der Waals surface area contributed by atoms with Crippen molar-refractivity contribution in [2.45, 2.75) is 13.2 Å². The van der Waals surface area contributed by atoms with E-state index in [1.54, 1.807) is 14.0 Å². The Kier molecular flexibility index (Phi) is 4.95. The number of ether oxygens (including phenoxy) is 2. The fourth-order valence-corrected chi connectivity index (χ4v) is 0.287. The van der Waals surface area contributed by atoms with E-state index in [9.17, 15) is 0 Å². The van der Waals surface area contributed by atoms with Gasteiger partial charge in [-0.1, -0.05) is 0 Å². The molecule has 3 nitrogen and oxygen atoms in total. The standard InChI is InChI=1S/C5H12O3/c1-5(7-2)8-4-3-6/h5-6H,3-4H2,1-2H3/t5-/m1/s1. The molecule has 3 heteroatoms. The second kappa shape index (κ2) is 5.03. The van der Waals surface area contributed by atoms with Crippen LogP contribution in [0.5, 0.6) is 0 Å². The van der Waals surface area contributed by atoms with Gasteiger partial charge in [0.05, 0.1) is 13.2 Å². The van der Waals surface area contributed by atoms with Crippen LogP contribution in [0.15, 0.2) is 0 Å². The van der Waals surface area contributed by atoms with E-state index in [0.717, 1.165) is 0 Å². The summed E-state index contributed by atoms with van der Waals surface area (Å²) in [5, 5.41) is 8.23. The number of aliphatic hydroxyl groups is 1. The third-order valence-electron chi connectivity index (χ3n) is 0.776. The van der Waals surface area contributed by atoms with Gasteiger partial charge in [-0.3, -0.25) is 0 Å². The van der Waals surface area contributed by atoms with E-state index in [-0.39, 0.29) is 12.9 Å². The molecule has 0 aliphatic carbocycles. The van der Waals surface area contributed by atoms with Crippen molar-refractivity contribution in [3.05, 3.63) is 0 Å². The Bertz CT molecular complexity index is 46.9. The van der Waals surface area contributed by atoms with Crippen molar-refractivity contribution in [2.24, 2.45) is 0 Å². The fourth-order valence-electron chi connectivity index (χ4n) is 0.287. The maximum Gasteiger partial charge on any atom is 0.154 e. The number of methoxy groups -OCH3 is 1. The van der Waals surface area contributed by atoms with Crippen molar-refractivity contribution in [3.8, 4) is 0 Å². The highest BCUT2D eigenvalue weighted by atomic mass is 16.7. The molecule has 50 valence electrons. The molecule has 0 saturated heterocycles. The lowest BCUT2D eigenvalue weighted by Gasteiger charge is -2.08. The highest BCUT2D eigenvalue weighted by molar-refractivity contribution is 4.27. The van der Waals surface area contributed by atoms with E-state index in [1.165, 1.54) is 0 Å². The predicted molar refractivity (Wildman–Crippen MR) is 29.5 cm³/mol. The molecule has 0 heterocycles. The lowest BCUT2D eigenvalue weighted by molar-refractivity contribution is -0.117. The van der Waals surface area contributed by atoms with E-state index >= 15 is 0 Å². The highest BCUT2D eigenvalue weighted by Crippen LogP contribution is 1.87. The van der Waals surface area contributed by atoms with Gasteiger partial charge in [-0.15, -0.1) is 0 Å². The first-order valence-corrected chi connectivity index (χ1v) is 2.56. The van der Waals surface area contributed by atoms with Gasteiger partial charge in [-0.05, 0) is 6.92 Å². The molecule has 0 amide bonds. The minimum absolute atomic E-state index is 0.0493. The van der Waals surface area contributed by atoms with Gasteiger partial charge in [0.15, 0.2) is 6.29 Å². The largest absolute Gasteiger partial charge is 0.394 e. The molecule has 0 rings (SSSR count). The van der Waals surface area contributed by atoms with Crippen molar-refractivity contribution in [3.63, 3.8) is 0 Å². The van der Waals surface area contributed by atoms with Crippen LogP contribution in [-0.4, -0.2) is 31.7 Å². The summed E-state index contributed by atoms with van der Waals surface area (Å²) in [6.45, 7) is 2.17. The van der Waals surface area contributed by atoms with E-state index < -0.39 is 0 Å². The van der Waals surface area contributed by atoms with Crippen molar-refractivity contribution < 1.29 is 14.6 Å². The average molecular weight is 120 g/mol. The number of hydrogen-bond acceptors (Lipinski definition) is 3. The SMILES string of the molecule is CO[C@@H](C)OCCO. The Morgan fingerprint density at radius 2 is 2.25 bits per heavy atom. The van der Waals surface area contributed by atoms with Gasteiger partial charge in [0.25, 0.3) is 0 Å². The lowest BCUT2D eigenvalue weighted by atomic mass is 10.7. The summed E-state index contributed by atoms with van der Waals surface area (Å²) in [4.78, 5) is 0. The van der Waals surface area contributed by atoms with Gasteiger partial charge in [0.2, 0.25) is 0 Å². The number of aliphatic hydroxyl groups excluding tert-OH is 1. The smallest absolute Gasteiger partial charge is 0.154 e. The Morgan fingerprint density at radius 3 is 2.62 bits per heavy atom. The van der Waals surface area contributed by atoms with Crippen LogP contribution in [0.1, 0.15) is 6.92 Å². The zero-order valence-corrected chi connectivity index (χ0v) is 5.26. The molecule has 0 aliphatic rings. The molecule has 0 spiro atoms. The second-order valence-corrected chi connectivity index (χ2v) is 1.40. The molecule has 0 aromatic rings. The Labute approximate surface area is 49.2 Å². The monoisotopic (exact) mass is 120 g/mol. The van der Waals surface area contributed by atoms with Crippen molar-refractivity contribution >= 4 is 0 Å². The number of hydrogen-bond donors (Lipinski definition) is 1. The molecule has 0 bridgehead atoms. The normalized spacial score (nSPS) is 13.9. The summed E-state index contributed by atoms with van der Waals surface area (Å²) in [6, 6.07) is 0. The van der Waals surface area contributed by atoms with Crippen molar-refractivity contribution in [1.29, 1.82) is 0 Å². The molecule has 0 saturated carbocycles. The molecule has 1 atom stereocenters. The van der Waals surface area contributed by atoms with E-state index in [2.05, 4.69) is 0 Å². The molecule has 0 fully saturated rings. The van der Waals surface area contributed by atoms with Crippen LogP contribution >= 0.6 is 0 Å². The van der Waals surface area contributed by atoms with Gasteiger partial charge in [0, 0.05) is 7.11 Å².